The van der Waals surface area contributed by atoms with E-state index in [2.05, 4.69) is 4.98 Å². The molecule has 3 rings (SSSR count). The van der Waals surface area contributed by atoms with Crippen LogP contribution >= 0.6 is 11.8 Å². The average Bonchev–Trinajstić information content (AvgIpc) is 2.91. The summed E-state index contributed by atoms with van der Waals surface area (Å²) in [6.45, 7) is 2.32. The number of ether oxygens (including phenoxy) is 1. The highest BCUT2D eigenvalue weighted by Gasteiger charge is 2.34. The zero-order valence-electron chi connectivity index (χ0n) is 14.3. The van der Waals surface area contributed by atoms with Crippen molar-refractivity contribution >= 4 is 34.7 Å². The van der Waals surface area contributed by atoms with Gasteiger partial charge in [-0.2, -0.15) is 0 Å². The monoisotopic (exact) mass is 385 g/mol. The molecule has 1 aliphatic heterocycles. The summed E-state index contributed by atoms with van der Waals surface area (Å²) in [7, 11) is 0. The van der Waals surface area contributed by atoms with E-state index in [-0.39, 0.29) is 22.7 Å². The Labute approximate surface area is 159 Å². The first-order chi connectivity index (χ1) is 13.0. The van der Waals surface area contributed by atoms with Crippen LogP contribution in [0.15, 0.2) is 47.5 Å². The highest BCUT2D eigenvalue weighted by atomic mass is 32.2. The fraction of sp³-hybridized carbons (Fsp3) is 0.167. The molecule has 0 saturated carbocycles. The largest absolute Gasteiger partial charge is 0.439 e. The van der Waals surface area contributed by atoms with Gasteiger partial charge in [0.05, 0.1) is 9.83 Å². The molecule has 2 amide bonds. The van der Waals surface area contributed by atoms with E-state index in [4.69, 9.17) is 4.74 Å². The summed E-state index contributed by atoms with van der Waals surface area (Å²) in [6.07, 6.45) is 3.50. The quantitative estimate of drug-likeness (QED) is 0.416. The van der Waals surface area contributed by atoms with E-state index in [0.29, 0.717) is 23.6 Å². The van der Waals surface area contributed by atoms with Crippen LogP contribution in [0, 0.1) is 10.1 Å². The van der Waals surface area contributed by atoms with Crippen molar-refractivity contribution in [1.82, 2.24) is 9.88 Å². The Balaban J connectivity index is 1.69. The number of nitrogens with zero attached hydrogens (tertiary/aromatic N) is 3. The molecule has 1 aliphatic rings. The van der Waals surface area contributed by atoms with Gasteiger partial charge in [-0.15, -0.1) is 0 Å². The summed E-state index contributed by atoms with van der Waals surface area (Å²) < 4.78 is 5.54. The third-order valence-corrected chi connectivity index (χ3v) is 4.56. The van der Waals surface area contributed by atoms with Crippen molar-refractivity contribution in [2.75, 3.05) is 6.54 Å². The van der Waals surface area contributed by atoms with Gasteiger partial charge in [0.2, 0.25) is 5.88 Å². The molecular weight excluding hydrogens is 370 g/mol. The lowest BCUT2D eigenvalue weighted by Gasteiger charge is -2.09. The molecule has 9 heteroatoms. The second kappa shape index (κ2) is 8.00. The predicted molar refractivity (Wildman–Crippen MR) is 100 cm³/mol. The smallest absolute Gasteiger partial charge is 0.293 e. The maximum absolute atomic E-state index is 12.2. The number of hydrogen-bond donors (Lipinski definition) is 0. The maximum Gasteiger partial charge on any atom is 0.293 e. The summed E-state index contributed by atoms with van der Waals surface area (Å²) in [5.41, 5.74) is 0.635. The number of carbonyl (C=O) groups is 2. The Bertz CT molecular complexity index is 910. The van der Waals surface area contributed by atoms with Gasteiger partial charge < -0.3 is 4.74 Å². The first-order valence-electron chi connectivity index (χ1n) is 8.11. The third-order valence-electron chi connectivity index (χ3n) is 3.65. The van der Waals surface area contributed by atoms with Crippen LogP contribution in [0.3, 0.4) is 0 Å². The van der Waals surface area contributed by atoms with Gasteiger partial charge in [-0.25, -0.2) is 4.98 Å². The second-order valence-electron chi connectivity index (χ2n) is 5.62. The van der Waals surface area contributed by atoms with Crippen molar-refractivity contribution in [1.29, 1.82) is 0 Å². The number of carbonyl (C=O) groups excluding carboxylic acids is 2. The molecule has 0 N–H and O–H groups in total. The summed E-state index contributed by atoms with van der Waals surface area (Å²) in [4.78, 5) is 39.7. The summed E-state index contributed by atoms with van der Waals surface area (Å²) in [5.74, 6) is 0.448. The summed E-state index contributed by atoms with van der Waals surface area (Å²) >= 11 is 0.929. The van der Waals surface area contributed by atoms with Crippen LogP contribution in [0.2, 0.25) is 0 Å². The highest BCUT2D eigenvalue weighted by Crippen LogP contribution is 2.32. The van der Waals surface area contributed by atoms with E-state index in [0.717, 1.165) is 23.5 Å². The third kappa shape index (κ3) is 4.32. The van der Waals surface area contributed by atoms with E-state index in [1.165, 1.54) is 17.0 Å². The van der Waals surface area contributed by atoms with E-state index in [1.807, 2.05) is 6.92 Å². The Morgan fingerprint density at radius 2 is 1.96 bits per heavy atom. The Morgan fingerprint density at radius 3 is 2.56 bits per heavy atom. The standard InChI is InChI=1S/C18H15N3O5S/c1-2-9-20-17(22)15(27-18(20)23)10-12-3-6-14(7-4-12)26-16-8-5-13(11-19-16)21(24)25/h3-8,10-11H,2,9H2,1H3/b15-10+. The topological polar surface area (TPSA) is 103 Å². The van der Waals surface area contributed by atoms with Gasteiger partial charge >= 0.3 is 0 Å². The number of aromatic nitrogens is 1. The molecule has 1 fully saturated rings. The molecule has 0 spiro atoms. The molecule has 0 aliphatic carbocycles. The second-order valence-corrected chi connectivity index (χ2v) is 6.61. The van der Waals surface area contributed by atoms with E-state index in [1.54, 1.807) is 30.3 Å². The molecule has 27 heavy (non-hydrogen) atoms. The molecular formula is C18H15N3O5S. The van der Waals surface area contributed by atoms with E-state index >= 15 is 0 Å². The zero-order chi connectivity index (χ0) is 19.4. The molecule has 1 aromatic carbocycles. The number of amides is 2. The Morgan fingerprint density at radius 1 is 1.22 bits per heavy atom. The molecule has 2 aromatic rings. The number of benzene rings is 1. The molecule has 0 radical (unpaired) electrons. The van der Waals surface area contributed by atoms with Crippen molar-refractivity contribution in [2.45, 2.75) is 13.3 Å². The van der Waals surface area contributed by atoms with Gasteiger partial charge in [-0.05, 0) is 42.0 Å². The SMILES string of the molecule is CCCN1C(=O)S/C(=C/c2ccc(Oc3ccc([N+](=O)[O-])cn3)cc2)C1=O. The maximum atomic E-state index is 12.2. The lowest BCUT2D eigenvalue weighted by atomic mass is 10.2. The molecule has 0 unspecified atom stereocenters. The first-order valence-corrected chi connectivity index (χ1v) is 8.93. The van der Waals surface area contributed by atoms with Gasteiger partial charge in [0.15, 0.2) is 0 Å². The van der Waals surface area contributed by atoms with Gasteiger partial charge in [-0.1, -0.05) is 19.1 Å². The average molecular weight is 385 g/mol. The minimum atomic E-state index is -0.534. The van der Waals surface area contributed by atoms with E-state index < -0.39 is 4.92 Å². The van der Waals surface area contributed by atoms with Crippen molar-refractivity contribution < 1.29 is 19.2 Å². The Hall–Kier alpha value is -3.20. The number of pyridine rings is 1. The number of rotatable bonds is 6. The van der Waals surface area contributed by atoms with Crippen LogP contribution in [0.1, 0.15) is 18.9 Å². The van der Waals surface area contributed by atoms with Gasteiger partial charge in [0, 0.05) is 18.7 Å². The van der Waals surface area contributed by atoms with Crippen LogP contribution in [0.25, 0.3) is 6.08 Å². The summed E-state index contributed by atoms with van der Waals surface area (Å²) in [6, 6.07) is 9.58. The van der Waals surface area contributed by atoms with Crippen LogP contribution < -0.4 is 4.74 Å². The molecule has 1 saturated heterocycles. The van der Waals surface area contributed by atoms with Crippen molar-refractivity contribution in [2.24, 2.45) is 0 Å². The summed E-state index contributed by atoms with van der Waals surface area (Å²) in [5, 5.41) is 10.4. The lowest BCUT2D eigenvalue weighted by Crippen LogP contribution is -2.28. The number of imide groups is 1. The predicted octanol–water partition coefficient (Wildman–Crippen LogP) is 4.23. The molecule has 1 aromatic heterocycles. The van der Waals surface area contributed by atoms with Crippen molar-refractivity contribution in [3.05, 3.63) is 63.2 Å². The number of thioether (sulfide) groups is 1. The van der Waals surface area contributed by atoms with E-state index in [9.17, 15) is 19.7 Å². The fourth-order valence-corrected chi connectivity index (χ4v) is 3.23. The molecule has 138 valence electrons. The minimum absolute atomic E-state index is 0.116. The molecule has 8 nitrogen and oxygen atoms in total. The van der Waals surface area contributed by atoms with Crippen LogP contribution in [-0.4, -0.2) is 32.5 Å². The van der Waals surface area contributed by atoms with Crippen molar-refractivity contribution in [3.8, 4) is 11.6 Å². The molecule has 0 bridgehead atoms. The van der Waals surface area contributed by atoms with Crippen molar-refractivity contribution in [3.63, 3.8) is 0 Å². The molecule has 2 heterocycles. The lowest BCUT2D eigenvalue weighted by molar-refractivity contribution is -0.385. The fourth-order valence-electron chi connectivity index (χ4n) is 2.36. The van der Waals surface area contributed by atoms with Crippen LogP contribution in [0.5, 0.6) is 11.6 Å². The van der Waals surface area contributed by atoms with Gasteiger partial charge in [0.25, 0.3) is 16.8 Å². The number of hydrogen-bond acceptors (Lipinski definition) is 7. The first kappa shape index (κ1) is 18.6. The van der Waals surface area contributed by atoms with Crippen LogP contribution in [-0.2, 0) is 4.79 Å². The Kier molecular flexibility index (Phi) is 5.51. The normalized spacial score (nSPS) is 15.4. The van der Waals surface area contributed by atoms with Crippen LogP contribution in [0.4, 0.5) is 10.5 Å². The number of nitro groups is 1. The van der Waals surface area contributed by atoms with Gasteiger partial charge in [0.1, 0.15) is 11.9 Å². The molecule has 0 atom stereocenters. The van der Waals surface area contributed by atoms with Gasteiger partial charge in [-0.3, -0.25) is 24.6 Å². The minimum Gasteiger partial charge on any atom is -0.439 e. The highest BCUT2D eigenvalue weighted by molar-refractivity contribution is 8.18. The zero-order valence-corrected chi connectivity index (χ0v) is 15.1.